The fraction of sp³-hybridized carbons (Fsp3) is 0.722. The molecule has 2 amide bonds. The van der Waals surface area contributed by atoms with Gasteiger partial charge in [-0.2, -0.15) is 5.10 Å². The van der Waals surface area contributed by atoms with Crippen molar-refractivity contribution in [3.63, 3.8) is 0 Å². The minimum atomic E-state index is -0.161. The Labute approximate surface area is 153 Å². The summed E-state index contributed by atoms with van der Waals surface area (Å²) in [5.74, 6) is -0.000798. The Kier molecular flexibility index (Phi) is 6.26. The number of hydrogen-bond acceptors (Lipinski definition) is 5. The summed E-state index contributed by atoms with van der Waals surface area (Å²) in [5, 5.41) is 7.33. The Morgan fingerprint density at radius 1 is 1.42 bits per heavy atom. The lowest BCUT2D eigenvalue weighted by molar-refractivity contribution is -0.136. The molecule has 1 N–H and O–H groups in total. The summed E-state index contributed by atoms with van der Waals surface area (Å²) in [6.07, 6.45) is 2.18. The number of ether oxygens (including phenoxy) is 2. The molecule has 26 heavy (non-hydrogen) atoms. The molecule has 1 saturated heterocycles. The standard InChI is InChI=1S/C18H28N4O4/c1-13(2)18(24)21-5-6-22-15(10-21)8-14(20-22)9-19-17(23)12-25-11-16-4-3-7-26-16/h8,13,16H,3-7,9-12H2,1-2H3,(H,19,23). The van der Waals surface area contributed by atoms with Crippen molar-refractivity contribution < 1.29 is 19.1 Å². The molecule has 144 valence electrons. The first-order valence-electron chi connectivity index (χ1n) is 9.33. The van der Waals surface area contributed by atoms with E-state index in [0.717, 1.165) is 30.8 Å². The van der Waals surface area contributed by atoms with Crippen molar-refractivity contribution in [2.24, 2.45) is 5.92 Å². The Morgan fingerprint density at radius 2 is 2.27 bits per heavy atom. The van der Waals surface area contributed by atoms with Gasteiger partial charge >= 0.3 is 0 Å². The molecule has 1 fully saturated rings. The number of hydrogen-bond donors (Lipinski definition) is 1. The molecule has 0 saturated carbocycles. The van der Waals surface area contributed by atoms with E-state index in [1.807, 2.05) is 29.5 Å². The highest BCUT2D eigenvalue weighted by molar-refractivity contribution is 5.78. The maximum atomic E-state index is 12.1. The molecule has 1 unspecified atom stereocenters. The van der Waals surface area contributed by atoms with Crippen LogP contribution in [0.4, 0.5) is 0 Å². The van der Waals surface area contributed by atoms with Crippen molar-refractivity contribution >= 4 is 11.8 Å². The molecule has 1 atom stereocenters. The average Bonchev–Trinajstić information content (AvgIpc) is 3.27. The van der Waals surface area contributed by atoms with Crippen LogP contribution in [-0.4, -0.2) is 59.0 Å². The zero-order valence-corrected chi connectivity index (χ0v) is 15.6. The van der Waals surface area contributed by atoms with E-state index < -0.39 is 0 Å². The van der Waals surface area contributed by atoms with Crippen molar-refractivity contribution in [3.05, 3.63) is 17.5 Å². The number of nitrogens with zero attached hydrogens (tertiary/aromatic N) is 3. The summed E-state index contributed by atoms with van der Waals surface area (Å²) < 4.78 is 12.8. The van der Waals surface area contributed by atoms with Crippen LogP contribution < -0.4 is 5.32 Å². The predicted molar refractivity (Wildman–Crippen MR) is 94.1 cm³/mol. The number of rotatable bonds is 7. The van der Waals surface area contributed by atoms with E-state index in [1.165, 1.54) is 0 Å². The Balaban J connectivity index is 1.42. The molecular formula is C18H28N4O4. The van der Waals surface area contributed by atoms with E-state index in [0.29, 0.717) is 32.8 Å². The van der Waals surface area contributed by atoms with Crippen LogP contribution in [-0.2, 0) is 38.7 Å². The van der Waals surface area contributed by atoms with Crippen LogP contribution in [0.3, 0.4) is 0 Å². The summed E-state index contributed by atoms with van der Waals surface area (Å²) in [6, 6.07) is 1.95. The van der Waals surface area contributed by atoms with Gasteiger partial charge in [-0.25, -0.2) is 0 Å². The summed E-state index contributed by atoms with van der Waals surface area (Å²) in [7, 11) is 0. The van der Waals surface area contributed by atoms with Crippen molar-refractivity contribution in [2.45, 2.75) is 52.4 Å². The highest BCUT2D eigenvalue weighted by Crippen LogP contribution is 2.16. The molecule has 1 aromatic rings. The fourth-order valence-corrected chi connectivity index (χ4v) is 3.26. The molecule has 3 rings (SSSR count). The first kappa shape index (κ1) is 18.8. The van der Waals surface area contributed by atoms with Gasteiger partial charge in [-0.15, -0.1) is 0 Å². The molecule has 2 aliphatic heterocycles. The molecular weight excluding hydrogens is 336 g/mol. The van der Waals surface area contributed by atoms with Gasteiger partial charge < -0.3 is 19.7 Å². The molecule has 0 radical (unpaired) electrons. The first-order chi connectivity index (χ1) is 12.5. The first-order valence-corrected chi connectivity index (χ1v) is 9.33. The third-order valence-electron chi connectivity index (χ3n) is 4.68. The van der Waals surface area contributed by atoms with Crippen LogP contribution in [0.1, 0.15) is 38.1 Å². The molecule has 8 heteroatoms. The number of aromatic nitrogens is 2. The predicted octanol–water partition coefficient (Wildman–Crippen LogP) is 0.693. The van der Waals surface area contributed by atoms with Gasteiger partial charge in [0.2, 0.25) is 11.8 Å². The second-order valence-corrected chi connectivity index (χ2v) is 7.19. The molecule has 0 aromatic carbocycles. The minimum Gasteiger partial charge on any atom is -0.376 e. The van der Waals surface area contributed by atoms with E-state index in [9.17, 15) is 9.59 Å². The van der Waals surface area contributed by atoms with Crippen molar-refractivity contribution in [2.75, 3.05) is 26.4 Å². The van der Waals surface area contributed by atoms with Crippen LogP contribution in [0.2, 0.25) is 0 Å². The summed E-state index contributed by atoms with van der Waals surface area (Å²) in [4.78, 5) is 25.9. The number of carbonyl (C=O) groups excluding carboxylic acids is 2. The highest BCUT2D eigenvalue weighted by atomic mass is 16.5. The largest absolute Gasteiger partial charge is 0.376 e. The van der Waals surface area contributed by atoms with Gasteiger partial charge in [-0.3, -0.25) is 14.3 Å². The van der Waals surface area contributed by atoms with Crippen molar-refractivity contribution in [1.82, 2.24) is 20.0 Å². The van der Waals surface area contributed by atoms with Crippen LogP contribution in [0.5, 0.6) is 0 Å². The zero-order chi connectivity index (χ0) is 18.5. The van der Waals surface area contributed by atoms with Gasteiger partial charge in [0.1, 0.15) is 6.61 Å². The maximum Gasteiger partial charge on any atom is 0.246 e. The average molecular weight is 364 g/mol. The van der Waals surface area contributed by atoms with Crippen molar-refractivity contribution in [1.29, 1.82) is 0 Å². The minimum absolute atomic E-state index is 0.00198. The summed E-state index contributed by atoms with van der Waals surface area (Å²) in [6.45, 7) is 7.40. The van der Waals surface area contributed by atoms with Crippen LogP contribution in [0, 0.1) is 5.92 Å². The molecule has 0 aliphatic carbocycles. The Morgan fingerprint density at radius 3 is 3.00 bits per heavy atom. The van der Waals surface area contributed by atoms with Crippen molar-refractivity contribution in [3.8, 4) is 0 Å². The third kappa shape index (κ3) is 4.82. The number of fused-ring (bicyclic) bond motifs is 1. The maximum absolute atomic E-state index is 12.1. The Bertz CT molecular complexity index is 637. The van der Waals surface area contributed by atoms with Gasteiger partial charge in [-0.05, 0) is 18.9 Å². The summed E-state index contributed by atoms with van der Waals surface area (Å²) in [5.41, 5.74) is 1.80. The summed E-state index contributed by atoms with van der Waals surface area (Å²) >= 11 is 0. The lowest BCUT2D eigenvalue weighted by atomic mass is 10.1. The van der Waals surface area contributed by atoms with E-state index in [2.05, 4.69) is 10.4 Å². The van der Waals surface area contributed by atoms with E-state index >= 15 is 0 Å². The molecule has 8 nitrogen and oxygen atoms in total. The molecule has 0 spiro atoms. The van der Waals surface area contributed by atoms with Gasteiger partial charge in [0, 0.05) is 19.1 Å². The fourth-order valence-electron chi connectivity index (χ4n) is 3.26. The molecule has 2 aliphatic rings. The molecule has 1 aromatic heterocycles. The quantitative estimate of drug-likeness (QED) is 0.769. The second-order valence-electron chi connectivity index (χ2n) is 7.19. The Hall–Kier alpha value is -1.93. The van der Waals surface area contributed by atoms with Gasteiger partial charge in [0.25, 0.3) is 0 Å². The zero-order valence-electron chi connectivity index (χ0n) is 15.6. The number of amides is 2. The number of nitrogens with one attached hydrogen (secondary N) is 1. The van der Waals surface area contributed by atoms with E-state index in [4.69, 9.17) is 9.47 Å². The lowest BCUT2D eigenvalue weighted by Crippen LogP contribution is -2.40. The van der Waals surface area contributed by atoms with E-state index in [1.54, 1.807) is 0 Å². The normalized spacial score (nSPS) is 19.7. The van der Waals surface area contributed by atoms with Gasteiger partial charge in [0.05, 0.1) is 43.7 Å². The number of carbonyl (C=O) groups is 2. The van der Waals surface area contributed by atoms with Crippen LogP contribution in [0.15, 0.2) is 6.07 Å². The molecule has 3 heterocycles. The second kappa shape index (κ2) is 8.64. The van der Waals surface area contributed by atoms with E-state index in [-0.39, 0.29) is 30.4 Å². The SMILES string of the molecule is CC(C)C(=O)N1CCn2nc(CNC(=O)COCC3CCCO3)cc2C1. The third-order valence-corrected chi connectivity index (χ3v) is 4.68. The van der Waals surface area contributed by atoms with Gasteiger partial charge in [0.15, 0.2) is 0 Å². The van der Waals surface area contributed by atoms with Crippen LogP contribution >= 0.6 is 0 Å². The van der Waals surface area contributed by atoms with Gasteiger partial charge in [-0.1, -0.05) is 13.8 Å². The smallest absolute Gasteiger partial charge is 0.246 e. The monoisotopic (exact) mass is 364 g/mol. The lowest BCUT2D eigenvalue weighted by Gasteiger charge is -2.29. The molecule has 0 bridgehead atoms. The van der Waals surface area contributed by atoms with Crippen LogP contribution in [0.25, 0.3) is 0 Å². The highest BCUT2D eigenvalue weighted by Gasteiger charge is 2.24. The topological polar surface area (TPSA) is 85.7 Å².